The number of amides is 1. The second-order valence-corrected chi connectivity index (χ2v) is 12.5. The number of benzene rings is 1. The number of aryl methyl sites for hydroxylation is 1. The van der Waals surface area contributed by atoms with Gasteiger partial charge in [0.25, 0.3) is 0 Å². The van der Waals surface area contributed by atoms with Crippen LogP contribution in [0.2, 0.25) is 0 Å². The predicted octanol–water partition coefficient (Wildman–Crippen LogP) is 5.34. The number of hydrogen-bond acceptors (Lipinski definition) is 8. The Kier molecular flexibility index (Phi) is 7.81. The van der Waals surface area contributed by atoms with Crippen LogP contribution in [-0.2, 0) is 42.6 Å². The molecular weight excluding hydrogens is 612 g/mol. The lowest BCUT2D eigenvalue weighted by atomic mass is 9.98. The summed E-state index contributed by atoms with van der Waals surface area (Å²) < 4.78 is 46.2. The van der Waals surface area contributed by atoms with E-state index in [1.165, 1.54) is 30.6 Å². The topological polar surface area (TPSA) is 90.5 Å². The Bertz CT molecular complexity index is 1980. The maximum absolute atomic E-state index is 16.0. The standard InChI is InChI=1S/C33H33F2N7O3S/c1-5-28(43)41-18-22-14-26(38-42(22)15-19(41)2)31-30(29-24(35)12-21(34)13-27(29)45-10-9-44-4)32-23(7-11-46-32)33(36-31)40-8-6-25-20(17-40)16-39(3)37-25/h5,7,11-14,16,19H,1,6,8-10,15,17-18H2,2-4H3/t19-/m1/s1. The minimum Gasteiger partial charge on any atom is -0.490 e. The summed E-state index contributed by atoms with van der Waals surface area (Å²) in [6, 6.07) is 5.83. The predicted molar refractivity (Wildman–Crippen MR) is 172 cm³/mol. The third-order valence-electron chi connectivity index (χ3n) is 8.54. The summed E-state index contributed by atoms with van der Waals surface area (Å²) in [6.07, 6.45) is 4.10. The molecule has 13 heteroatoms. The van der Waals surface area contributed by atoms with Crippen molar-refractivity contribution in [2.45, 2.75) is 39.0 Å². The number of anilines is 1. The number of hydrogen-bond donors (Lipinski definition) is 0. The molecule has 10 nitrogen and oxygen atoms in total. The lowest BCUT2D eigenvalue weighted by Gasteiger charge is -2.33. The van der Waals surface area contributed by atoms with Crippen LogP contribution < -0.4 is 9.64 Å². The van der Waals surface area contributed by atoms with E-state index in [4.69, 9.17) is 19.6 Å². The Morgan fingerprint density at radius 2 is 2.02 bits per heavy atom. The van der Waals surface area contributed by atoms with Gasteiger partial charge in [-0.05, 0) is 30.5 Å². The third kappa shape index (κ3) is 5.22. The van der Waals surface area contributed by atoms with Gasteiger partial charge < -0.3 is 19.3 Å². The second kappa shape index (κ2) is 12.0. The lowest BCUT2D eigenvalue weighted by molar-refractivity contribution is -0.129. The Hall–Kier alpha value is -4.62. The molecule has 0 saturated carbocycles. The van der Waals surface area contributed by atoms with Crippen LogP contribution in [0, 0.1) is 11.6 Å². The molecule has 2 aliphatic heterocycles. The summed E-state index contributed by atoms with van der Waals surface area (Å²) >= 11 is 1.46. The fourth-order valence-electron chi connectivity index (χ4n) is 6.39. The number of carbonyl (C=O) groups excluding carboxylic acids is 1. The number of aromatic nitrogens is 5. The SMILES string of the molecule is C=CC(=O)N1Cc2cc(-c3nc(N4CCc5nn(C)cc5C4)c4ccsc4c3-c3c(F)cc(F)cc3OCCOC)nn2C[C@H]1C. The first-order valence-electron chi connectivity index (χ1n) is 15.0. The maximum Gasteiger partial charge on any atom is 0.246 e. The molecule has 1 aromatic carbocycles. The second-order valence-electron chi connectivity index (χ2n) is 11.6. The van der Waals surface area contributed by atoms with E-state index in [9.17, 15) is 9.18 Å². The van der Waals surface area contributed by atoms with Gasteiger partial charge in [0.1, 0.15) is 41.2 Å². The maximum atomic E-state index is 16.0. The zero-order valence-corrected chi connectivity index (χ0v) is 26.6. The zero-order chi connectivity index (χ0) is 32.1. The number of ether oxygens (including phenoxy) is 2. The molecule has 7 rings (SSSR count). The van der Waals surface area contributed by atoms with Crippen LogP contribution in [0.1, 0.15) is 23.9 Å². The highest BCUT2D eigenvalue weighted by Crippen LogP contribution is 2.47. The number of rotatable bonds is 8. The van der Waals surface area contributed by atoms with Gasteiger partial charge in [-0.3, -0.25) is 14.2 Å². The Balaban J connectivity index is 1.44. The summed E-state index contributed by atoms with van der Waals surface area (Å²) in [6.45, 7) is 8.10. The molecule has 0 saturated heterocycles. The average molecular weight is 646 g/mol. The zero-order valence-electron chi connectivity index (χ0n) is 25.8. The van der Waals surface area contributed by atoms with Crippen molar-refractivity contribution in [2.75, 3.05) is 31.8 Å². The normalized spacial score (nSPS) is 16.1. The molecule has 0 N–H and O–H groups in total. The van der Waals surface area contributed by atoms with Crippen LogP contribution in [0.15, 0.2) is 48.5 Å². The molecule has 5 aromatic rings. The van der Waals surface area contributed by atoms with Gasteiger partial charge in [0, 0.05) is 79.3 Å². The quantitative estimate of drug-likeness (QED) is 0.166. The van der Waals surface area contributed by atoms with Gasteiger partial charge in [-0.2, -0.15) is 10.2 Å². The first kappa shape index (κ1) is 30.1. The van der Waals surface area contributed by atoms with E-state index < -0.39 is 11.6 Å². The molecule has 1 amide bonds. The highest BCUT2D eigenvalue weighted by Gasteiger charge is 2.32. The van der Waals surface area contributed by atoms with Gasteiger partial charge in [-0.1, -0.05) is 6.58 Å². The van der Waals surface area contributed by atoms with Gasteiger partial charge >= 0.3 is 0 Å². The summed E-state index contributed by atoms with van der Waals surface area (Å²) in [5.74, 6) is -0.874. The van der Waals surface area contributed by atoms with Crippen molar-refractivity contribution in [3.05, 3.63) is 77.1 Å². The van der Waals surface area contributed by atoms with Crippen molar-refractivity contribution in [3.63, 3.8) is 0 Å². The number of halogens is 2. The van der Waals surface area contributed by atoms with Crippen molar-refractivity contribution in [3.8, 4) is 28.3 Å². The number of carbonyl (C=O) groups is 1. The van der Waals surface area contributed by atoms with Crippen LogP contribution in [-0.4, -0.2) is 68.3 Å². The molecule has 2 aliphatic rings. The first-order valence-corrected chi connectivity index (χ1v) is 15.9. The highest BCUT2D eigenvalue weighted by atomic mass is 32.1. The van der Waals surface area contributed by atoms with Crippen molar-refractivity contribution in [1.82, 2.24) is 29.4 Å². The molecule has 0 radical (unpaired) electrons. The number of fused-ring (bicyclic) bond motifs is 3. The molecule has 0 fully saturated rings. The summed E-state index contributed by atoms with van der Waals surface area (Å²) in [7, 11) is 3.45. The summed E-state index contributed by atoms with van der Waals surface area (Å²) in [4.78, 5) is 21.8. The van der Waals surface area contributed by atoms with Gasteiger partial charge in [0.2, 0.25) is 5.91 Å². The minimum absolute atomic E-state index is 0.0540. The van der Waals surface area contributed by atoms with E-state index in [1.54, 1.807) is 4.90 Å². The third-order valence-corrected chi connectivity index (χ3v) is 9.47. The molecule has 46 heavy (non-hydrogen) atoms. The van der Waals surface area contributed by atoms with E-state index >= 15 is 4.39 Å². The van der Waals surface area contributed by atoms with Gasteiger partial charge in [0.05, 0.1) is 36.6 Å². The largest absolute Gasteiger partial charge is 0.490 e. The number of methoxy groups -OCH3 is 1. The van der Waals surface area contributed by atoms with Crippen LogP contribution in [0.4, 0.5) is 14.6 Å². The highest BCUT2D eigenvalue weighted by molar-refractivity contribution is 7.18. The number of thiophene rings is 1. The fourth-order valence-corrected chi connectivity index (χ4v) is 7.33. The smallest absolute Gasteiger partial charge is 0.246 e. The Labute approximate surface area is 268 Å². The van der Waals surface area contributed by atoms with E-state index in [-0.39, 0.29) is 36.5 Å². The molecule has 238 valence electrons. The Morgan fingerprint density at radius 3 is 2.83 bits per heavy atom. The van der Waals surface area contributed by atoms with Gasteiger partial charge in [0.15, 0.2) is 0 Å². The molecule has 0 bridgehead atoms. The molecule has 0 spiro atoms. The molecule has 4 aromatic heterocycles. The lowest BCUT2D eigenvalue weighted by Crippen LogP contribution is -2.44. The Morgan fingerprint density at radius 1 is 1.17 bits per heavy atom. The monoisotopic (exact) mass is 645 g/mol. The number of nitrogens with zero attached hydrogens (tertiary/aromatic N) is 7. The van der Waals surface area contributed by atoms with Gasteiger partial charge in [-0.15, -0.1) is 11.3 Å². The minimum atomic E-state index is -0.767. The van der Waals surface area contributed by atoms with Crippen LogP contribution >= 0.6 is 11.3 Å². The molecular formula is C33H33F2N7O3S. The van der Waals surface area contributed by atoms with Gasteiger partial charge in [-0.25, -0.2) is 13.8 Å². The summed E-state index contributed by atoms with van der Waals surface area (Å²) in [5.41, 5.74) is 4.56. The van der Waals surface area contributed by atoms with E-state index in [1.807, 2.05) is 47.0 Å². The van der Waals surface area contributed by atoms with E-state index in [0.29, 0.717) is 43.1 Å². The first-order chi connectivity index (χ1) is 22.2. The van der Waals surface area contributed by atoms with Crippen molar-refractivity contribution in [2.24, 2.45) is 7.05 Å². The van der Waals surface area contributed by atoms with E-state index in [0.717, 1.165) is 45.3 Å². The molecule has 1 atom stereocenters. The van der Waals surface area contributed by atoms with Crippen LogP contribution in [0.25, 0.3) is 32.6 Å². The molecule has 0 unspecified atom stereocenters. The number of pyridine rings is 1. The molecule has 0 aliphatic carbocycles. The van der Waals surface area contributed by atoms with Crippen LogP contribution in [0.5, 0.6) is 5.75 Å². The van der Waals surface area contributed by atoms with Crippen molar-refractivity contribution < 1.29 is 23.0 Å². The van der Waals surface area contributed by atoms with E-state index in [2.05, 4.69) is 16.6 Å². The average Bonchev–Trinajstić information content (AvgIpc) is 3.77. The van der Waals surface area contributed by atoms with Crippen molar-refractivity contribution in [1.29, 1.82) is 0 Å². The van der Waals surface area contributed by atoms with Crippen molar-refractivity contribution >= 4 is 33.1 Å². The summed E-state index contributed by atoms with van der Waals surface area (Å²) in [5, 5.41) is 12.4. The van der Waals surface area contributed by atoms with Crippen LogP contribution in [0.3, 0.4) is 0 Å². The fraction of sp³-hybridized carbons (Fsp3) is 0.333. The molecule has 6 heterocycles.